The molecule has 8 aromatic carbocycles. The van der Waals surface area contributed by atoms with Crippen molar-refractivity contribution < 1.29 is 0 Å². The Morgan fingerprint density at radius 1 is 0.552 bits per heavy atom. The maximum atomic E-state index is 2.80. The van der Waals surface area contributed by atoms with Gasteiger partial charge in [-0.3, -0.25) is 0 Å². The van der Waals surface area contributed by atoms with Crippen molar-refractivity contribution in [3.05, 3.63) is 188 Å². The van der Waals surface area contributed by atoms with Gasteiger partial charge < -0.3 is 14.7 Å². The molecule has 0 bridgehead atoms. The van der Waals surface area contributed by atoms with Crippen LogP contribution in [0.1, 0.15) is 45.1 Å². The SMILES string of the molecule is CC12CCCCC1(C)N1c3cccc4c3B(c3ccc(N(c5ccccc5-c5ccccc5)c5cccc6ccccc56)cc3N4c3ccccc3)c3cccc2c31. The van der Waals surface area contributed by atoms with Crippen LogP contribution in [-0.2, 0) is 5.41 Å². The summed E-state index contributed by atoms with van der Waals surface area (Å²) < 4.78 is 0. The van der Waals surface area contributed by atoms with Crippen molar-refractivity contribution in [1.29, 1.82) is 0 Å². The van der Waals surface area contributed by atoms with E-state index >= 15 is 0 Å². The van der Waals surface area contributed by atoms with Crippen LogP contribution in [0.2, 0.25) is 0 Å². The van der Waals surface area contributed by atoms with Crippen LogP contribution in [-0.4, -0.2) is 12.3 Å². The Hall–Kier alpha value is -6.52. The third-order valence-corrected chi connectivity index (χ3v) is 14.4. The summed E-state index contributed by atoms with van der Waals surface area (Å²) in [4.78, 5) is 7.85. The van der Waals surface area contributed by atoms with E-state index in [1.807, 2.05) is 0 Å². The molecule has 1 aliphatic carbocycles. The largest absolute Gasteiger partial charge is 0.335 e. The Morgan fingerprint density at radius 3 is 2.12 bits per heavy atom. The van der Waals surface area contributed by atoms with Gasteiger partial charge in [-0.25, -0.2) is 0 Å². The first-order chi connectivity index (χ1) is 28.5. The van der Waals surface area contributed by atoms with Crippen LogP contribution >= 0.6 is 0 Å². The molecule has 2 unspecified atom stereocenters. The van der Waals surface area contributed by atoms with Crippen molar-refractivity contribution in [1.82, 2.24) is 0 Å². The van der Waals surface area contributed by atoms with Gasteiger partial charge in [0.05, 0.1) is 16.9 Å². The molecule has 8 aromatic rings. The van der Waals surface area contributed by atoms with Crippen molar-refractivity contribution in [2.75, 3.05) is 14.7 Å². The highest BCUT2D eigenvalue weighted by atomic mass is 15.3. The topological polar surface area (TPSA) is 9.72 Å². The lowest BCUT2D eigenvalue weighted by Gasteiger charge is -2.52. The summed E-state index contributed by atoms with van der Waals surface area (Å²) in [6, 6.07) is 67.9. The third-order valence-electron chi connectivity index (χ3n) is 14.4. The van der Waals surface area contributed by atoms with Gasteiger partial charge in [-0.1, -0.05) is 153 Å². The lowest BCUT2D eigenvalue weighted by atomic mass is 9.33. The molecule has 0 aromatic heterocycles. The van der Waals surface area contributed by atoms with Gasteiger partial charge in [-0.2, -0.15) is 0 Å². The third kappa shape index (κ3) is 4.52. The van der Waals surface area contributed by atoms with E-state index in [0.717, 1.165) is 17.1 Å². The van der Waals surface area contributed by atoms with Gasteiger partial charge in [-0.15, -0.1) is 0 Å². The quantitative estimate of drug-likeness (QED) is 0.162. The summed E-state index contributed by atoms with van der Waals surface area (Å²) >= 11 is 0. The highest BCUT2D eigenvalue weighted by Crippen LogP contribution is 2.61. The number of nitrogens with zero attached hydrogens (tertiary/aromatic N) is 3. The highest BCUT2D eigenvalue weighted by molar-refractivity contribution is 7.00. The van der Waals surface area contributed by atoms with Crippen molar-refractivity contribution in [3.8, 4) is 11.1 Å². The highest BCUT2D eigenvalue weighted by Gasteiger charge is 2.61. The monoisotopic (exact) mass is 745 g/mol. The van der Waals surface area contributed by atoms with E-state index in [9.17, 15) is 0 Å². The molecule has 2 atom stereocenters. The van der Waals surface area contributed by atoms with E-state index in [4.69, 9.17) is 0 Å². The number of anilines is 8. The smallest absolute Gasteiger partial charge is 0.252 e. The molecule has 4 aliphatic rings. The molecule has 12 rings (SSSR count). The summed E-state index contributed by atoms with van der Waals surface area (Å²) in [6.07, 6.45) is 4.98. The minimum Gasteiger partial charge on any atom is -0.335 e. The predicted octanol–water partition coefficient (Wildman–Crippen LogP) is 12.3. The van der Waals surface area contributed by atoms with Crippen molar-refractivity contribution >= 4 is 79.4 Å². The molecule has 278 valence electrons. The zero-order valence-corrected chi connectivity index (χ0v) is 33.1. The number of benzene rings is 8. The van der Waals surface area contributed by atoms with Gasteiger partial charge in [0.2, 0.25) is 0 Å². The fourth-order valence-corrected chi connectivity index (χ4v) is 11.5. The molecule has 0 amide bonds. The lowest BCUT2D eigenvalue weighted by molar-refractivity contribution is 0.195. The van der Waals surface area contributed by atoms with Gasteiger partial charge in [0.25, 0.3) is 6.71 Å². The van der Waals surface area contributed by atoms with Gasteiger partial charge >= 0.3 is 0 Å². The summed E-state index contributed by atoms with van der Waals surface area (Å²) in [5, 5.41) is 2.44. The van der Waals surface area contributed by atoms with E-state index in [-0.39, 0.29) is 17.7 Å². The first kappa shape index (κ1) is 33.6. The van der Waals surface area contributed by atoms with Gasteiger partial charge in [0.15, 0.2) is 0 Å². The lowest BCUT2D eigenvalue weighted by Crippen LogP contribution is -2.64. The number of hydrogen-bond donors (Lipinski definition) is 0. The number of fused-ring (bicyclic) bond motifs is 8. The van der Waals surface area contributed by atoms with Crippen LogP contribution in [0.4, 0.5) is 45.5 Å². The molecule has 3 aliphatic heterocycles. The van der Waals surface area contributed by atoms with E-state index in [1.54, 1.807) is 0 Å². The summed E-state index contributed by atoms with van der Waals surface area (Å²) in [7, 11) is 0. The molecule has 3 nitrogen and oxygen atoms in total. The summed E-state index contributed by atoms with van der Waals surface area (Å²) in [6.45, 7) is 5.23. The summed E-state index contributed by atoms with van der Waals surface area (Å²) in [5.41, 5.74) is 18.2. The van der Waals surface area contributed by atoms with E-state index < -0.39 is 0 Å². The minimum absolute atomic E-state index is 0.0105. The first-order valence-electron chi connectivity index (χ1n) is 21.0. The van der Waals surface area contributed by atoms with Crippen LogP contribution in [0.5, 0.6) is 0 Å². The average Bonchev–Trinajstić information content (AvgIpc) is 3.49. The van der Waals surface area contributed by atoms with E-state index in [0.29, 0.717) is 0 Å². The maximum Gasteiger partial charge on any atom is 0.252 e. The van der Waals surface area contributed by atoms with Crippen LogP contribution in [0.15, 0.2) is 182 Å². The molecular formula is C54H44BN3. The van der Waals surface area contributed by atoms with Crippen LogP contribution < -0.4 is 31.1 Å². The zero-order chi connectivity index (χ0) is 38.6. The second kappa shape index (κ2) is 12.5. The average molecular weight is 746 g/mol. The van der Waals surface area contributed by atoms with Gasteiger partial charge in [0, 0.05) is 50.5 Å². The molecule has 0 spiro atoms. The Balaban J connectivity index is 1.14. The normalized spacial score (nSPS) is 19.7. The minimum atomic E-state index is 0.0105. The fourth-order valence-electron chi connectivity index (χ4n) is 11.5. The van der Waals surface area contributed by atoms with E-state index in [2.05, 4.69) is 211 Å². The van der Waals surface area contributed by atoms with Crippen LogP contribution in [0.25, 0.3) is 21.9 Å². The first-order valence-corrected chi connectivity index (χ1v) is 21.0. The Bertz CT molecular complexity index is 2920. The van der Waals surface area contributed by atoms with Crippen molar-refractivity contribution in [2.24, 2.45) is 0 Å². The molecule has 4 heteroatoms. The number of hydrogen-bond acceptors (Lipinski definition) is 3. The molecule has 3 heterocycles. The van der Waals surface area contributed by atoms with Gasteiger partial charge in [0.1, 0.15) is 0 Å². The maximum absolute atomic E-state index is 2.80. The number of para-hydroxylation sites is 3. The predicted molar refractivity (Wildman–Crippen MR) is 246 cm³/mol. The van der Waals surface area contributed by atoms with Crippen LogP contribution in [0, 0.1) is 0 Å². The van der Waals surface area contributed by atoms with E-state index in [1.165, 1.54) is 98.0 Å². The Kier molecular flexibility index (Phi) is 7.24. The fraction of sp³-hybridized carbons (Fsp3) is 0.148. The van der Waals surface area contributed by atoms with Crippen molar-refractivity contribution in [2.45, 2.75) is 50.5 Å². The Labute approximate surface area is 341 Å². The molecule has 0 saturated heterocycles. The van der Waals surface area contributed by atoms with Crippen molar-refractivity contribution in [3.63, 3.8) is 0 Å². The zero-order valence-electron chi connectivity index (χ0n) is 33.1. The second-order valence-electron chi connectivity index (χ2n) is 17.2. The molecule has 0 radical (unpaired) electrons. The molecule has 0 N–H and O–H groups in total. The van der Waals surface area contributed by atoms with Crippen LogP contribution in [0.3, 0.4) is 0 Å². The van der Waals surface area contributed by atoms with Gasteiger partial charge in [-0.05, 0) is 101 Å². The molecular weight excluding hydrogens is 701 g/mol. The second-order valence-corrected chi connectivity index (χ2v) is 17.2. The number of rotatable bonds is 5. The molecule has 1 fully saturated rings. The summed E-state index contributed by atoms with van der Waals surface area (Å²) in [5.74, 6) is 0. The molecule has 58 heavy (non-hydrogen) atoms. The Morgan fingerprint density at radius 2 is 1.24 bits per heavy atom. The molecule has 1 saturated carbocycles. The standard InChI is InChI=1S/C54H44BN3/c1-53-34-13-14-35-54(53,2)58-49-31-17-30-48-51(49)55(45-27-16-26-43(53)52(45)58)44-33-32-40(36-50(44)56(48)39-22-7-4-8-23-39)57(47-29-15-21-38-20-9-10-24-42(38)47)46-28-12-11-25-41(46)37-18-5-3-6-19-37/h3-12,15-33,36H,13-14,34-35H2,1-2H3.